The topological polar surface area (TPSA) is 252 Å². The van der Waals surface area contributed by atoms with E-state index in [0.29, 0.717) is 103 Å². The molecule has 0 radical (unpaired) electrons. The van der Waals surface area contributed by atoms with Gasteiger partial charge in [0, 0.05) is 125 Å². The average Bonchev–Trinajstić information content (AvgIpc) is 2.65. The van der Waals surface area contributed by atoms with Crippen LogP contribution in [0.4, 0.5) is 0 Å². The molecule has 450 valence electrons. The molecule has 85 heavy (non-hydrogen) atoms. The number of likely N-dealkylation sites (tertiary alicyclic amines) is 1. The Hall–Kier alpha value is -8.16. The van der Waals surface area contributed by atoms with E-state index in [-0.39, 0.29) is 111 Å². The Morgan fingerprint density at radius 1 is 0.694 bits per heavy atom. The maximum atomic E-state index is 14.1. The van der Waals surface area contributed by atoms with Crippen LogP contribution in [0.15, 0.2) is 91.0 Å². The zero-order valence-electron chi connectivity index (χ0n) is 49.3. The third kappa shape index (κ3) is 16.4. The van der Waals surface area contributed by atoms with E-state index in [2.05, 4.69) is 20.4 Å². The number of nitrogens with one attached hydrogen (secondary N) is 2. The first-order valence-corrected chi connectivity index (χ1v) is 29.8. The van der Waals surface area contributed by atoms with Crippen molar-refractivity contribution < 1.29 is 57.4 Å². The van der Waals surface area contributed by atoms with Crippen LogP contribution >= 0.6 is 0 Å². The van der Waals surface area contributed by atoms with Gasteiger partial charge in [0.1, 0.15) is 18.1 Å². The lowest BCUT2D eigenvalue weighted by Crippen LogP contribution is -2.51. The van der Waals surface area contributed by atoms with Crippen molar-refractivity contribution in [1.29, 1.82) is 0 Å². The molecule has 3 heterocycles. The molecular weight excluding hydrogens is 1080 g/mol. The van der Waals surface area contributed by atoms with Gasteiger partial charge in [0.2, 0.25) is 23.6 Å². The quantitative estimate of drug-likeness (QED) is 0.0180. The largest absolute Gasteiger partial charge is 0.496 e. The summed E-state index contributed by atoms with van der Waals surface area (Å²) < 4.78 is 11.2. The van der Waals surface area contributed by atoms with Crippen LogP contribution in [0.3, 0.4) is 0 Å². The Labute approximate surface area is 496 Å². The minimum Gasteiger partial charge on any atom is -0.496 e. The lowest BCUT2D eigenvalue weighted by molar-refractivity contribution is -0.144. The first-order chi connectivity index (χ1) is 40.9. The van der Waals surface area contributed by atoms with E-state index in [4.69, 9.17) is 15.2 Å². The number of hydrogen-bond acceptors (Lipinski definition) is 14. The summed E-state index contributed by atoms with van der Waals surface area (Å²) >= 11 is 0. The van der Waals surface area contributed by atoms with Gasteiger partial charge in [-0.25, -0.2) is 0 Å². The highest BCUT2D eigenvalue weighted by Gasteiger charge is 2.37. The minimum absolute atomic E-state index is 0.00168. The number of primary amides is 1. The normalized spacial score (nSPS) is 16.3. The molecule has 0 aliphatic carbocycles. The van der Waals surface area contributed by atoms with Gasteiger partial charge in [0.05, 0.1) is 25.1 Å². The van der Waals surface area contributed by atoms with E-state index in [9.17, 15) is 47.9 Å². The Morgan fingerprint density at radius 2 is 1.36 bits per heavy atom. The summed E-state index contributed by atoms with van der Waals surface area (Å²) in [4.78, 5) is 137. The fraction of sp³-hybridized carbons (Fsp3) is 0.455. The van der Waals surface area contributed by atoms with Crippen molar-refractivity contribution in [2.24, 2.45) is 23.5 Å². The van der Waals surface area contributed by atoms with Crippen LogP contribution in [-0.2, 0) is 57.7 Å². The predicted molar refractivity (Wildman–Crippen MR) is 320 cm³/mol. The first kappa shape index (κ1) is 62.9. The van der Waals surface area contributed by atoms with Gasteiger partial charge in [-0.15, -0.1) is 0 Å². The third-order valence-electron chi connectivity index (χ3n) is 16.6. The van der Waals surface area contributed by atoms with Crippen molar-refractivity contribution in [1.82, 2.24) is 30.2 Å². The number of fused-ring (bicyclic) bond motifs is 2. The van der Waals surface area contributed by atoms with Gasteiger partial charge in [-0.3, -0.25) is 67.5 Å². The molecule has 3 aliphatic heterocycles. The van der Waals surface area contributed by atoms with E-state index in [0.717, 1.165) is 42.3 Å². The maximum absolute atomic E-state index is 14.1. The van der Waals surface area contributed by atoms with Crippen molar-refractivity contribution in [3.8, 4) is 5.75 Å². The molecule has 1 unspecified atom stereocenters. The van der Waals surface area contributed by atoms with E-state index >= 15 is 0 Å². The lowest BCUT2D eigenvalue weighted by atomic mass is 9.88. The number of Topliss-reactive ketones (excluding diaryl/α,β-unsaturated/α-hetero) is 2. The highest BCUT2D eigenvalue weighted by molar-refractivity contribution is 6.31. The van der Waals surface area contributed by atoms with Gasteiger partial charge in [-0.2, -0.15) is 0 Å². The van der Waals surface area contributed by atoms with Gasteiger partial charge in [-0.05, 0) is 89.4 Å². The average molecular weight is 1160 g/mol. The third-order valence-corrected chi connectivity index (χ3v) is 16.6. The van der Waals surface area contributed by atoms with E-state index in [1.807, 2.05) is 44.2 Å². The molecule has 3 atom stereocenters. The van der Waals surface area contributed by atoms with Crippen LogP contribution in [0, 0.1) is 17.8 Å². The number of nitrogens with zero attached hydrogens (tertiary/aromatic N) is 4. The Balaban J connectivity index is 0.724. The zero-order chi connectivity index (χ0) is 60.7. The zero-order valence-corrected chi connectivity index (χ0v) is 49.3. The fourth-order valence-electron chi connectivity index (χ4n) is 11.5. The number of hydrogen-bond donors (Lipinski definition) is 3. The number of carbonyl (C=O) groups is 10. The van der Waals surface area contributed by atoms with Gasteiger partial charge in [-0.1, -0.05) is 94.3 Å². The first-order valence-electron chi connectivity index (χ1n) is 29.8. The molecule has 0 spiro atoms. The number of carbonyl (C=O) groups excluding carboxylic acids is 10. The van der Waals surface area contributed by atoms with Gasteiger partial charge < -0.3 is 25.8 Å². The number of methoxy groups -OCH3 is 1. The number of ether oxygens (including phenoxy) is 2. The fourth-order valence-corrected chi connectivity index (χ4v) is 11.5. The monoisotopic (exact) mass is 1160 g/mol. The van der Waals surface area contributed by atoms with Crippen LogP contribution in [0.1, 0.15) is 133 Å². The molecule has 7 amide bonds. The van der Waals surface area contributed by atoms with Crippen molar-refractivity contribution in [3.63, 3.8) is 0 Å². The van der Waals surface area contributed by atoms with E-state index < -0.39 is 29.7 Å². The van der Waals surface area contributed by atoms with Gasteiger partial charge >= 0.3 is 5.97 Å². The SMILES string of the molecule is COc1ccc2c3c(c4ccccc4cc13)C(=O)N(CCN1CCN(CCNC(=O)c3ccc(CC(=O)OCc4ccc(CC(=O)[C@@H](CCCCC(N)=O)NC(=O)[C@H](CC(=O)CCCCCN5C(=O)CC(C)C5=O)C(C)C)cc4)cc3)CC1)C2=O. The van der Waals surface area contributed by atoms with Crippen LogP contribution in [0.2, 0.25) is 0 Å². The molecule has 2 fully saturated rings. The summed E-state index contributed by atoms with van der Waals surface area (Å²) in [5.74, 6) is -3.31. The van der Waals surface area contributed by atoms with E-state index in [1.165, 1.54) is 9.80 Å². The molecule has 5 aromatic rings. The summed E-state index contributed by atoms with van der Waals surface area (Å²) in [5.41, 5.74) is 8.89. The molecule has 19 heteroatoms. The number of imide groups is 2. The van der Waals surface area contributed by atoms with Crippen LogP contribution in [0.5, 0.6) is 5.75 Å². The number of piperazine rings is 1. The maximum Gasteiger partial charge on any atom is 0.310 e. The number of rotatable bonds is 31. The predicted octanol–water partition coefficient (Wildman–Crippen LogP) is 6.76. The molecule has 0 saturated carbocycles. The summed E-state index contributed by atoms with van der Waals surface area (Å²) in [5, 5.41) is 9.00. The smallest absolute Gasteiger partial charge is 0.310 e. The van der Waals surface area contributed by atoms with Crippen LogP contribution < -0.4 is 21.1 Å². The number of benzene rings is 5. The summed E-state index contributed by atoms with van der Waals surface area (Å²) in [6.45, 7) is 10.7. The molecule has 19 nitrogen and oxygen atoms in total. The Kier molecular flexibility index (Phi) is 21.9. The van der Waals surface area contributed by atoms with Gasteiger partial charge in [0.25, 0.3) is 17.7 Å². The van der Waals surface area contributed by atoms with Crippen molar-refractivity contribution >= 4 is 80.4 Å². The Morgan fingerprint density at radius 3 is 2.05 bits per heavy atom. The Bertz CT molecular complexity index is 3300. The lowest BCUT2D eigenvalue weighted by Gasteiger charge is -2.36. The molecular formula is C66H79N7O12. The second-order valence-corrected chi connectivity index (χ2v) is 23.1. The minimum atomic E-state index is -0.863. The van der Waals surface area contributed by atoms with Crippen LogP contribution in [-0.4, -0.2) is 151 Å². The molecule has 5 aromatic carbocycles. The summed E-state index contributed by atoms with van der Waals surface area (Å²) in [7, 11) is 1.58. The molecule has 0 bridgehead atoms. The second-order valence-electron chi connectivity index (χ2n) is 23.1. The molecule has 8 rings (SSSR count). The van der Waals surface area contributed by atoms with Crippen molar-refractivity contribution in [2.45, 2.75) is 110 Å². The number of ketones is 2. The number of nitrogens with two attached hydrogens (primary N) is 1. The van der Waals surface area contributed by atoms with Gasteiger partial charge in [0.15, 0.2) is 5.78 Å². The highest BCUT2D eigenvalue weighted by atomic mass is 16.5. The molecule has 0 aromatic heterocycles. The van der Waals surface area contributed by atoms with Crippen LogP contribution in [0.25, 0.3) is 21.5 Å². The molecule has 3 aliphatic rings. The number of esters is 1. The van der Waals surface area contributed by atoms with E-state index in [1.54, 1.807) is 74.7 Å². The van der Waals surface area contributed by atoms with Crippen molar-refractivity contribution in [2.75, 3.05) is 66.0 Å². The molecule has 4 N–H and O–H groups in total. The second kappa shape index (κ2) is 29.6. The summed E-state index contributed by atoms with van der Waals surface area (Å²) in [6.07, 6.45) is 3.66. The standard InChI is InChI=1S/C66H79N7O12/c1-42(2)52(40-49(74)13-6-5-11-28-72-58(77)36-43(3)64(72)81)63(80)69-54(15-9-10-16-57(67)76)55(75)37-44-17-19-46(20-18-44)41-85-59(78)38-45-21-23-47(24-22-45)62(79)68-27-29-70-30-32-71(33-31-70)34-35-73-65(82)51-25-26-56(84-4)53-39-48-12-7-8-14-50(48)61(60(51)53)66(73)83/h7-8,12,14,17-26,39,42-43,52,54H,5-6,9-11,13,15-16,27-38,40-41H2,1-4H3,(H2,67,76)(H,68,79)(H,69,80)/t43?,52-,54-/m1/s1. The summed E-state index contributed by atoms with van der Waals surface area (Å²) in [6, 6.07) is 26.2. The number of amides is 7. The van der Waals surface area contributed by atoms with Crippen molar-refractivity contribution in [3.05, 3.63) is 124 Å². The molecule has 2 saturated heterocycles. The highest BCUT2D eigenvalue weighted by Crippen LogP contribution is 2.40. The number of unbranched alkanes of at least 4 members (excludes halogenated alkanes) is 3.